The van der Waals surface area contributed by atoms with Crippen molar-refractivity contribution >= 4 is 11.7 Å². The van der Waals surface area contributed by atoms with Crippen LogP contribution in [-0.2, 0) is 0 Å². The quantitative estimate of drug-likeness (QED) is 0.858. The minimum atomic E-state index is -0.0726. The molecule has 1 rings (SSSR count). The number of aromatic nitrogens is 1. The van der Waals surface area contributed by atoms with Crippen molar-refractivity contribution in [3.8, 4) is 0 Å². The monoisotopic (exact) mass is 263 g/mol. The molecule has 0 radical (unpaired) electrons. The van der Waals surface area contributed by atoms with E-state index in [1.807, 2.05) is 19.9 Å². The molecule has 0 spiro atoms. The fraction of sp³-hybridized carbons (Fsp3) is 0.600. The first-order valence-electron chi connectivity index (χ1n) is 6.93. The minimum Gasteiger partial charge on any atom is -0.384 e. The number of rotatable bonds is 5. The van der Waals surface area contributed by atoms with Crippen LogP contribution in [0.2, 0.25) is 0 Å². The second-order valence-electron chi connectivity index (χ2n) is 5.59. The van der Waals surface area contributed by atoms with Crippen molar-refractivity contribution in [2.24, 2.45) is 5.92 Å². The zero-order valence-electron chi connectivity index (χ0n) is 12.5. The molecule has 3 N–H and O–H groups in total. The molecule has 4 heteroatoms. The number of carbonyl (C=O) groups excluding carboxylic acids is 1. The van der Waals surface area contributed by atoms with Gasteiger partial charge in [-0.15, -0.1) is 0 Å². The van der Waals surface area contributed by atoms with Crippen molar-refractivity contribution < 1.29 is 4.79 Å². The van der Waals surface area contributed by atoms with E-state index in [1.165, 1.54) is 0 Å². The second kappa shape index (κ2) is 6.55. The summed E-state index contributed by atoms with van der Waals surface area (Å²) in [6, 6.07) is 3.64. The Hall–Kier alpha value is -1.58. The van der Waals surface area contributed by atoms with Crippen LogP contribution in [0, 0.1) is 5.92 Å². The topological polar surface area (TPSA) is 68.0 Å². The smallest absolute Gasteiger partial charge is 0.251 e. The van der Waals surface area contributed by atoms with E-state index in [0.717, 1.165) is 12.1 Å². The lowest BCUT2D eigenvalue weighted by Gasteiger charge is -2.21. The maximum absolute atomic E-state index is 12.3. The Labute approximate surface area is 115 Å². The van der Waals surface area contributed by atoms with Crippen LogP contribution < -0.4 is 11.1 Å². The summed E-state index contributed by atoms with van der Waals surface area (Å²) in [7, 11) is 0. The predicted octanol–water partition coefficient (Wildman–Crippen LogP) is 2.95. The second-order valence-corrected chi connectivity index (χ2v) is 5.59. The predicted molar refractivity (Wildman–Crippen MR) is 79.1 cm³/mol. The van der Waals surface area contributed by atoms with Gasteiger partial charge >= 0.3 is 0 Å². The third kappa shape index (κ3) is 4.23. The van der Waals surface area contributed by atoms with Gasteiger partial charge in [-0.25, -0.2) is 4.98 Å². The molecule has 1 heterocycles. The van der Waals surface area contributed by atoms with Gasteiger partial charge in [0, 0.05) is 17.3 Å². The SMILES string of the molecule is CCC(NC(=O)c1cc(N)nc(C(C)C)c1)C(C)C. The first-order valence-corrected chi connectivity index (χ1v) is 6.93. The number of amides is 1. The molecule has 4 nitrogen and oxygen atoms in total. The molecule has 0 bridgehead atoms. The van der Waals surface area contributed by atoms with E-state index in [4.69, 9.17) is 5.73 Å². The fourth-order valence-electron chi connectivity index (χ4n) is 1.99. The molecule has 106 valence electrons. The maximum atomic E-state index is 12.3. The number of hydrogen-bond donors (Lipinski definition) is 2. The number of nitrogen functional groups attached to an aromatic ring is 1. The Morgan fingerprint density at radius 3 is 2.42 bits per heavy atom. The summed E-state index contributed by atoms with van der Waals surface area (Å²) in [6.07, 6.45) is 0.918. The van der Waals surface area contributed by atoms with Crippen molar-refractivity contribution in [2.75, 3.05) is 5.73 Å². The number of anilines is 1. The van der Waals surface area contributed by atoms with Gasteiger partial charge in [-0.3, -0.25) is 4.79 Å². The van der Waals surface area contributed by atoms with Gasteiger partial charge in [-0.05, 0) is 30.4 Å². The van der Waals surface area contributed by atoms with Gasteiger partial charge in [-0.1, -0.05) is 34.6 Å². The molecule has 1 aromatic heterocycles. The molecule has 0 saturated carbocycles. The molecule has 1 atom stereocenters. The number of nitrogens with one attached hydrogen (secondary N) is 1. The number of pyridine rings is 1. The lowest BCUT2D eigenvalue weighted by Crippen LogP contribution is -2.38. The van der Waals surface area contributed by atoms with Gasteiger partial charge < -0.3 is 11.1 Å². The number of nitrogens with zero attached hydrogens (tertiary/aromatic N) is 1. The van der Waals surface area contributed by atoms with Crippen LogP contribution in [0.15, 0.2) is 12.1 Å². The normalized spacial score (nSPS) is 12.8. The lowest BCUT2D eigenvalue weighted by molar-refractivity contribution is 0.0924. The maximum Gasteiger partial charge on any atom is 0.251 e. The first-order chi connectivity index (χ1) is 8.85. The van der Waals surface area contributed by atoms with Crippen LogP contribution in [0.4, 0.5) is 5.82 Å². The van der Waals surface area contributed by atoms with Gasteiger partial charge in [0.25, 0.3) is 5.91 Å². The van der Waals surface area contributed by atoms with Gasteiger partial charge in [0.2, 0.25) is 0 Å². The van der Waals surface area contributed by atoms with Crippen LogP contribution >= 0.6 is 0 Å². The summed E-state index contributed by atoms with van der Waals surface area (Å²) in [5.74, 6) is 0.991. The highest BCUT2D eigenvalue weighted by atomic mass is 16.1. The van der Waals surface area contributed by atoms with E-state index in [-0.39, 0.29) is 17.9 Å². The van der Waals surface area contributed by atoms with Crippen molar-refractivity contribution in [2.45, 2.75) is 53.0 Å². The van der Waals surface area contributed by atoms with Crippen LogP contribution in [0.3, 0.4) is 0 Å². The zero-order valence-corrected chi connectivity index (χ0v) is 12.5. The standard InChI is InChI=1S/C15H25N3O/c1-6-12(9(2)3)18-15(19)11-7-13(10(4)5)17-14(16)8-11/h7-10,12H,6H2,1-5H3,(H2,16,17)(H,18,19). The zero-order chi connectivity index (χ0) is 14.6. The highest BCUT2D eigenvalue weighted by Crippen LogP contribution is 2.16. The minimum absolute atomic E-state index is 0.0726. The van der Waals surface area contributed by atoms with E-state index in [0.29, 0.717) is 17.3 Å². The average Bonchev–Trinajstić information content (AvgIpc) is 2.34. The van der Waals surface area contributed by atoms with E-state index in [2.05, 4.69) is 31.1 Å². The molecule has 0 fully saturated rings. The van der Waals surface area contributed by atoms with E-state index in [9.17, 15) is 4.79 Å². The Balaban J connectivity index is 2.93. The molecule has 1 unspecified atom stereocenters. The van der Waals surface area contributed by atoms with Crippen molar-refractivity contribution in [1.29, 1.82) is 0 Å². The Morgan fingerprint density at radius 1 is 1.32 bits per heavy atom. The molecule has 0 saturated heterocycles. The van der Waals surface area contributed by atoms with Gasteiger partial charge in [0.15, 0.2) is 0 Å². The number of hydrogen-bond acceptors (Lipinski definition) is 3. The highest BCUT2D eigenvalue weighted by Gasteiger charge is 2.16. The van der Waals surface area contributed by atoms with E-state index >= 15 is 0 Å². The van der Waals surface area contributed by atoms with Crippen molar-refractivity contribution in [1.82, 2.24) is 10.3 Å². The van der Waals surface area contributed by atoms with Crippen LogP contribution in [0.25, 0.3) is 0 Å². The molecule has 1 amide bonds. The van der Waals surface area contributed by atoms with Crippen LogP contribution in [-0.4, -0.2) is 16.9 Å². The molecular weight excluding hydrogens is 238 g/mol. The summed E-state index contributed by atoms with van der Waals surface area (Å²) in [6.45, 7) is 10.4. The van der Waals surface area contributed by atoms with Gasteiger partial charge in [0.1, 0.15) is 5.82 Å². The van der Waals surface area contributed by atoms with E-state index < -0.39 is 0 Å². The van der Waals surface area contributed by atoms with Crippen LogP contribution in [0.1, 0.15) is 63.0 Å². The molecule has 0 aliphatic rings. The largest absolute Gasteiger partial charge is 0.384 e. The van der Waals surface area contributed by atoms with Crippen molar-refractivity contribution in [3.63, 3.8) is 0 Å². The summed E-state index contributed by atoms with van der Waals surface area (Å²) in [4.78, 5) is 16.5. The molecule has 0 aromatic carbocycles. The summed E-state index contributed by atoms with van der Waals surface area (Å²) >= 11 is 0. The third-order valence-electron chi connectivity index (χ3n) is 3.28. The molecule has 19 heavy (non-hydrogen) atoms. The van der Waals surface area contributed by atoms with E-state index in [1.54, 1.807) is 6.07 Å². The lowest BCUT2D eigenvalue weighted by atomic mass is 10.0. The molecule has 0 aliphatic carbocycles. The summed E-state index contributed by atoms with van der Waals surface area (Å²) < 4.78 is 0. The molecule has 1 aromatic rings. The summed E-state index contributed by atoms with van der Waals surface area (Å²) in [5.41, 5.74) is 7.21. The number of nitrogens with two attached hydrogens (primary N) is 1. The average molecular weight is 263 g/mol. The Kier molecular flexibility index (Phi) is 5.33. The summed E-state index contributed by atoms with van der Waals surface area (Å²) in [5, 5.41) is 3.05. The molecular formula is C15H25N3O. The fourth-order valence-corrected chi connectivity index (χ4v) is 1.99. The van der Waals surface area contributed by atoms with Crippen molar-refractivity contribution in [3.05, 3.63) is 23.4 Å². The van der Waals surface area contributed by atoms with Crippen LogP contribution in [0.5, 0.6) is 0 Å². The first kappa shape index (κ1) is 15.5. The van der Waals surface area contributed by atoms with Gasteiger partial charge in [-0.2, -0.15) is 0 Å². The highest BCUT2D eigenvalue weighted by molar-refractivity contribution is 5.95. The number of carbonyl (C=O) groups is 1. The van der Waals surface area contributed by atoms with Gasteiger partial charge in [0.05, 0.1) is 0 Å². The third-order valence-corrected chi connectivity index (χ3v) is 3.28. The Morgan fingerprint density at radius 2 is 1.95 bits per heavy atom. The Bertz CT molecular complexity index is 441. The molecule has 0 aliphatic heterocycles.